The first-order valence-electron chi connectivity index (χ1n) is 5.89. The molecule has 2 N–H and O–H groups in total. The topological polar surface area (TPSA) is 41.1 Å². The number of carbonyl (C=O) groups excluding carboxylic acids is 1. The second-order valence-electron chi connectivity index (χ2n) is 3.93. The lowest BCUT2D eigenvalue weighted by molar-refractivity contribution is -0.120. The van der Waals surface area contributed by atoms with Crippen LogP contribution in [0, 0.1) is 0 Å². The Balaban J connectivity index is 2.32. The Morgan fingerprint density at radius 2 is 2.00 bits per heavy atom. The molecule has 0 aromatic heterocycles. The molecule has 0 radical (unpaired) electrons. The molecule has 94 valence electrons. The summed E-state index contributed by atoms with van der Waals surface area (Å²) in [6.45, 7) is 5.42. The van der Waals surface area contributed by atoms with Crippen molar-refractivity contribution in [3.05, 3.63) is 34.3 Å². The van der Waals surface area contributed by atoms with Crippen molar-refractivity contribution in [1.29, 1.82) is 0 Å². The van der Waals surface area contributed by atoms with Crippen molar-refractivity contribution in [2.45, 2.75) is 26.3 Å². The standard InChI is InChI=1S/C13H19BrN2O/c1-3-15-13(17)8-9-16-10(2)11-4-6-12(14)7-5-11/h4-7,10,16H,3,8-9H2,1-2H3,(H,15,17)/t10-/m0/s1. The van der Waals surface area contributed by atoms with E-state index in [9.17, 15) is 4.79 Å². The summed E-state index contributed by atoms with van der Waals surface area (Å²) in [6, 6.07) is 8.47. The van der Waals surface area contributed by atoms with Gasteiger partial charge in [0, 0.05) is 30.0 Å². The van der Waals surface area contributed by atoms with E-state index >= 15 is 0 Å². The molecule has 0 saturated carbocycles. The third-order valence-corrected chi connectivity index (χ3v) is 3.08. The molecule has 1 aromatic rings. The van der Waals surface area contributed by atoms with Crippen molar-refractivity contribution >= 4 is 21.8 Å². The Kier molecular flexibility index (Phi) is 6.22. The number of hydrogen-bond acceptors (Lipinski definition) is 2. The summed E-state index contributed by atoms with van der Waals surface area (Å²) in [6.07, 6.45) is 0.523. The van der Waals surface area contributed by atoms with Crippen molar-refractivity contribution in [3.8, 4) is 0 Å². The second-order valence-corrected chi connectivity index (χ2v) is 4.85. The molecule has 17 heavy (non-hydrogen) atoms. The molecule has 0 fully saturated rings. The molecular formula is C13H19BrN2O. The Bertz CT molecular complexity index is 351. The number of halogens is 1. The molecule has 0 aliphatic heterocycles. The van der Waals surface area contributed by atoms with Crippen LogP contribution in [0.25, 0.3) is 0 Å². The van der Waals surface area contributed by atoms with Crippen LogP contribution in [0.2, 0.25) is 0 Å². The van der Waals surface area contributed by atoms with E-state index in [2.05, 4.69) is 45.6 Å². The molecule has 1 rings (SSSR count). The number of amides is 1. The van der Waals surface area contributed by atoms with Crippen LogP contribution in [-0.4, -0.2) is 19.0 Å². The van der Waals surface area contributed by atoms with Gasteiger partial charge in [0.25, 0.3) is 0 Å². The van der Waals surface area contributed by atoms with Gasteiger partial charge in [-0.3, -0.25) is 4.79 Å². The Morgan fingerprint density at radius 1 is 1.35 bits per heavy atom. The minimum Gasteiger partial charge on any atom is -0.356 e. The lowest BCUT2D eigenvalue weighted by Crippen LogP contribution is -2.28. The van der Waals surface area contributed by atoms with E-state index in [4.69, 9.17) is 0 Å². The van der Waals surface area contributed by atoms with Gasteiger partial charge in [-0.15, -0.1) is 0 Å². The maximum absolute atomic E-state index is 11.2. The lowest BCUT2D eigenvalue weighted by atomic mass is 10.1. The zero-order chi connectivity index (χ0) is 12.7. The van der Waals surface area contributed by atoms with Crippen LogP contribution < -0.4 is 10.6 Å². The van der Waals surface area contributed by atoms with E-state index < -0.39 is 0 Å². The predicted octanol–water partition coefficient (Wildman–Crippen LogP) is 2.63. The minimum absolute atomic E-state index is 0.100. The minimum atomic E-state index is 0.100. The normalized spacial score (nSPS) is 12.2. The predicted molar refractivity (Wildman–Crippen MR) is 73.9 cm³/mol. The van der Waals surface area contributed by atoms with E-state index in [1.54, 1.807) is 0 Å². The molecular weight excluding hydrogens is 280 g/mol. The second kappa shape index (κ2) is 7.45. The van der Waals surface area contributed by atoms with E-state index in [0.717, 1.165) is 4.47 Å². The molecule has 0 unspecified atom stereocenters. The monoisotopic (exact) mass is 298 g/mol. The molecule has 0 heterocycles. The van der Waals surface area contributed by atoms with Crippen LogP contribution in [0.5, 0.6) is 0 Å². The van der Waals surface area contributed by atoms with Gasteiger partial charge in [0.05, 0.1) is 0 Å². The Labute approximate surface area is 111 Å². The van der Waals surface area contributed by atoms with E-state index in [-0.39, 0.29) is 11.9 Å². The summed E-state index contributed by atoms with van der Waals surface area (Å²) in [4.78, 5) is 11.2. The number of rotatable bonds is 6. The number of benzene rings is 1. The van der Waals surface area contributed by atoms with Gasteiger partial charge in [0.2, 0.25) is 5.91 Å². The van der Waals surface area contributed by atoms with Crippen LogP contribution in [0.1, 0.15) is 31.9 Å². The summed E-state index contributed by atoms with van der Waals surface area (Å²) in [5.41, 5.74) is 1.23. The average Bonchev–Trinajstić information content (AvgIpc) is 2.30. The van der Waals surface area contributed by atoms with Crippen molar-refractivity contribution in [1.82, 2.24) is 10.6 Å². The molecule has 3 nitrogen and oxygen atoms in total. The van der Waals surface area contributed by atoms with E-state index in [1.165, 1.54) is 5.56 Å². The maximum Gasteiger partial charge on any atom is 0.221 e. The van der Waals surface area contributed by atoms with Crippen LogP contribution >= 0.6 is 15.9 Å². The zero-order valence-electron chi connectivity index (χ0n) is 10.3. The fourth-order valence-corrected chi connectivity index (χ4v) is 1.82. The van der Waals surface area contributed by atoms with E-state index in [0.29, 0.717) is 19.5 Å². The van der Waals surface area contributed by atoms with Crippen LogP contribution in [0.4, 0.5) is 0 Å². The highest BCUT2D eigenvalue weighted by atomic mass is 79.9. The van der Waals surface area contributed by atoms with Gasteiger partial charge in [-0.2, -0.15) is 0 Å². The van der Waals surface area contributed by atoms with Gasteiger partial charge in [0.1, 0.15) is 0 Å². The fourth-order valence-electron chi connectivity index (χ4n) is 1.56. The van der Waals surface area contributed by atoms with Crippen molar-refractivity contribution in [2.75, 3.05) is 13.1 Å². The SMILES string of the molecule is CCNC(=O)CCN[C@@H](C)c1ccc(Br)cc1. The Morgan fingerprint density at radius 3 is 2.59 bits per heavy atom. The molecule has 1 amide bonds. The van der Waals surface area contributed by atoms with Gasteiger partial charge >= 0.3 is 0 Å². The number of nitrogens with one attached hydrogen (secondary N) is 2. The zero-order valence-corrected chi connectivity index (χ0v) is 11.9. The first-order valence-corrected chi connectivity index (χ1v) is 6.68. The largest absolute Gasteiger partial charge is 0.356 e. The summed E-state index contributed by atoms with van der Waals surface area (Å²) >= 11 is 3.41. The number of hydrogen-bond donors (Lipinski definition) is 2. The van der Waals surface area contributed by atoms with Crippen LogP contribution in [-0.2, 0) is 4.79 Å². The third kappa shape index (κ3) is 5.33. The van der Waals surface area contributed by atoms with Crippen LogP contribution in [0.3, 0.4) is 0 Å². The molecule has 0 aliphatic rings. The maximum atomic E-state index is 11.2. The van der Waals surface area contributed by atoms with Gasteiger partial charge in [-0.1, -0.05) is 28.1 Å². The summed E-state index contributed by atoms with van der Waals surface area (Å²) < 4.78 is 1.08. The molecule has 1 aromatic carbocycles. The van der Waals surface area contributed by atoms with Crippen molar-refractivity contribution < 1.29 is 4.79 Å². The lowest BCUT2D eigenvalue weighted by Gasteiger charge is -2.14. The molecule has 0 aliphatic carbocycles. The van der Waals surface area contributed by atoms with Gasteiger partial charge in [-0.05, 0) is 31.5 Å². The summed E-state index contributed by atoms with van der Waals surface area (Å²) in [5, 5.41) is 6.11. The van der Waals surface area contributed by atoms with Crippen molar-refractivity contribution in [3.63, 3.8) is 0 Å². The Hall–Kier alpha value is -0.870. The van der Waals surface area contributed by atoms with Crippen LogP contribution in [0.15, 0.2) is 28.7 Å². The smallest absolute Gasteiger partial charge is 0.221 e. The van der Waals surface area contributed by atoms with Gasteiger partial charge < -0.3 is 10.6 Å². The molecule has 0 saturated heterocycles. The van der Waals surface area contributed by atoms with Crippen molar-refractivity contribution in [2.24, 2.45) is 0 Å². The molecule has 0 bridgehead atoms. The summed E-state index contributed by atoms with van der Waals surface area (Å²) in [7, 11) is 0. The molecule has 1 atom stereocenters. The first-order chi connectivity index (χ1) is 8.13. The van der Waals surface area contributed by atoms with Gasteiger partial charge in [-0.25, -0.2) is 0 Å². The highest BCUT2D eigenvalue weighted by molar-refractivity contribution is 9.10. The fraction of sp³-hybridized carbons (Fsp3) is 0.462. The highest BCUT2D eigenvalue weighted by Gasteiger charge is 2.05. The molecule has 4 heteroatoms. The third-order valence-electron chi connectivity index (χ3n) is 2.55. The van der Waals surface area contributed by atoms with E-state index in [1.807, 2.05) is 19.1 Å². The number of carbonyl (C=O) groups is 1. The average molecular weight is 299 g/mol. The summed E-state index contributed by atoms with van der Waals surface area (Å²) in [5.74, 6) is 0.100. The quantitative estimate of drug-likeness (QED) is 0.848. The molecule has 0 spiro atoms. The van der Waals surface area contributed by atoms with Gasteiger partial charge in [0.15, 0.2) is 0 Å². The highest BCUT2D eigenvalue weighted by Crippen LogP contribution is 2.16. The first kappa shape index (κ1) is 14.2.